The van der Waals surface area contributed by atoms with Gasteiger partial charge in [0.2, 0.25) is 0 Å². The van der Waals surface area contributed by atoms with Crippen molar-refractivity contribution in [2.75, 3.05) is 0 Å². The van der Waals surface area contributed by atoms with Crippen molar-refractivity contribution >= 4 is 7.82 Å². The van der Waals surface area contributed by atoms with Gasteiger partial charge in [-0.1, -0.05) is 0 Å². The standard InChI is InChI=1S/C4H9.H3O4P.Ti/c1-3-4-2;1-5(2,3)4;/h1,3-4H2,2H3;(H3,1,2,3,4);/q;;+3/p-3. The fourth-order valence-electron chi connectivity index (χ4n) is 0.177. The van der Waals surface area contributed by atoms with Crippen molar-refractivity contribution in [1.29, 1.82) is 0 Å². The van der Waals surface area contributed by atoms with E-state index in [0.29, 0.717) is 0 Å². The Morgan fingerprint density at radius 3 is 1.70 bits per heavy atom. The average Bonchev–Trinajstić information content (AvgIpc) is 1.63. The minimum atomic E-state index is -5.39. The molecule has 0 fully saturated rings. The number of unbranched alkanes of at least 4 members (excludes halogenated alkanes) is 1. The summed E-state index contributed by atoms with van der Waals surface area (Å²) in [5.41, 5.74) is 0. The van der Waals surface area contributed by atoms with E-state index in [1.807, 2.05) is 0 Å². The molecular weight excluding hydrogens is 191 g/mol. The van der Waals surface area contributed by atoms with Gasteiger partial charge in [-0.15, -0.1) is 0 Å². The van der Waals surface area contributed by atoms with Gasteiger partial charge in [0.15, 0.2) is 0 Å². The predicted octanol–water partition coefficient (Wildman–Crippen LogP) is -1.07. The van der Waals surface area contributed by atoms with Gasteiger partial charge in [0.25, 0.3) is 0 Å². The fraction of sp³-hybridized carbons (Fsp3) is 1.00. The Morgan fingerprint density at radius 1 is 1.40 bits per heavy atom. The molecule has 10 heavy (non-hydrogen) atoms. The summed E-state index contributed by atoms with van der Waals surface area (Å²) in [5.74, 6) is 0. The van der Waals surface area contributed by atoms with Gasteiger partial charge in [-0.25, -0.2) is 0 Å². The molecule has 0 bridgehead atoms. The van der Waals surface area contributed by atoms with Crippen LogP contribution in [0.4, 0.5) is 0 Å². The normalized spacial score (nSPS) is 10.2. The molecule has 0 aliphatic heterocycles. The van der Waals surface area contributed by atoms with Crippen LogP contribution in [0.15, 0.2) is 0 Å². The van der Waals surface area contributed by atoms with Gasteiger partial charge < -0.3 is 19.2 Å². The molecule has 58 valence electrons. The van der Waals surface area contributed by atoms with E-state index in [4.69, 9.17) is 19.2 Å². The van der Waals surface area contributed by atoms with Gasteiger partial charge in [-0.3, -0.25) is 0 Å². The van der Waals surface area contributed by atoms with Crippen molar-refractivity contribution in [2.45, 2.75) is 24.5 Å². The minimum absolute atomic E-state index is 1.34. The predicted molar refractivity (Wildman–Crippen MR) is 27.3 cm³/mol. The van der Waals surface area contributed by atoms with E-state index in [2.05, 4.69) is 27.4 Å². The molecule has 0 rings (SSSR count). The van der Waals surface area contributed by atoms with Crippen LogP contribution in [-0.2, 0) is 25.0 Å². The second-order valence-corrected chi connectivity index (χ2v) is 3.23. The minimum Gasteiger partial charge on any atom is -0.822 e. The summed E-state index contributed by atoms with van der Waals surface area (Å²) in [6.45, 7) is 2.21. The summed E-state index contributed by atoms with van der Waals surface area (Å²) in [4.78, 5) is 25.6. The van der Waals surface area contributed by atoms with Crippen molar-refractivity contribution in [3.05, 3.63) is 0 Å². The van der Waals surface area contributed by atoms with Crippen molar-refractivity contribution in [1.82, 2.24) is 0 Å². The topological polar surface area (TPSA) is 86.2 Å². The van der Waals surface area contributed by atoms with Crippen LogP contribution in [-0.4, -0.2) is 0 Å². The van der Waals surface area contributed by atoms with Gasteiger partial charge in [0.05, 0.1) is 0 Å². The van der Waals surface area contributed by atoms with Gasteiger partial charge in [0.1, 0.15) is 0 Å². The van der Waals surface area contributed by atoms with Crippen molar-refractivity contribution in [2.24, 2.45) is 0 Å². The Bertz CT molecular complexity index is 91.2. The molecule has 0 radical (unpaired) electrons. The van der Waals surface area contributed by atoms with Crippen LogP contribution in [0.1, 0.15) is 19.8 Å². The Morgan fingerprint density at radius 2 is 1.70 bits per heavy atom. The molecular formula is C4H9O4PTi. The van der Waals surface area contributed by atoms with E-state index >= 15 is 0 Å². The van der Waals surface area contributed by atoms with Gasteiger partial charge in [0, 0.05) is 0 Å². The van der Waals surface area contributed by atoms with Crippen LogP contribution >= 0.6 is 7.82 Å². The van der Waals surface area contributed by atoms with Crippen LogP contribution in [0.3, 0.4) is 0 Å². The van der Waals surface area contributed by atoms with Gasteiger partial charge >= 0.3 is 44.9 Å². The first kappa shape index (κ1) is 13.4. The Hall–Kier alpha value is 0.824. The largest absolute Gasteiger partial charge is 0.822 e. The second kappa shape index (κ2) is 7.93. The molecule has 0 aromatic carbocycles. The third-order valence-corrected chi connectivity index (χ3v) is 1.08. The summed E-state index contributed by atoms with van der Waals surface area (Å²) >= 11 is 2.21. The third-order valence-electron chi connectivity index (χ3n) is 0.530. The van der Waals surface area contributed by atoms with Gasteiger partial charge in [-0.2, -0.15) is 7.82 Å². The van der Waals surface area contributed by atoms with Crippen LogP contribution in [0.5, 0.6) is 0 Å². The summed E-state index contributed by atoms with van der Waals surface area (Å²) in [7, 11) is -5.39. The molecule has 0 N–H and O–H groups in total. The van der Waals surface area contributed by atoms with E-state index in [9.17, 15) is 0 Å². The van der Waals surface area contributed by atoms with E-state index in [-0.39, 0.29) is 0 Å². The molecule has 0 amide bonds. The number of rotatable bonds is 2. The zero-order valence-corrected chi connectivity index (χ0v) is 8.16. The van der Waals surface area contributed by atoms with Crippen LogP contribution in [0, 0.1) is 0 Å². The first-order valence-electron chi connectivity index (χ1n) is 2.79. The van der Waals surface area contributed by atoms with E-state index in [1.165, 1.54) is 17.6 Å². The van der Waals surface area contributed by atoms with Crippen molar-refractivity contribution in [3.63, 3.8) is 0 Å². The molecule has 0 aromatic rings. The van der Waals surface area contributed by atoms with Crippen LogP contribution < -0.4 is 14.7 Å². The zero-order valence-electron chi connectivity index (χ0n) is 5.70. The number of phosphoric acid groups is 1. The van der Waals surface area contributed by atoms with Gasteiger partial charge in [-0.05, 0) is 0 Å². The maximum absolute atomic E-state index is 8.55. The smallest absolute Gasteiger partial charge is 0.159 e. The summed E-state index contributed by atoms with van der Waals surface area (Å²) in [5, 5.41) is 0. The molecule has 0 aliphatic rings. The van der Waals surface area contributed by atoms with E-state index in [0.717, 1.165) is 0 Å². The molecule has 0 aromatic heterocycles. The molecule has 6 heteroatoms. The molecule has 4 nitrogen and oxygen atoms in total. The van der Waals surface area contributed by atoms with E-state index < -0.39 is 7.82 Å². The Kier molecular flexibility index (Phi) is 10.6. The fourth-order valence-corrected chi connectivity index (χ4v) is 0.729. The SMILES string of the molecule is CCC[CH2][Ti+3].O=P([O-])([O-])[O-]. The van der Waals surface area contributed by atoms with E-state index in [1.54, 1.807) is 0 Å². The molecule has 0 heterocycles. The first-order chi connectivity index (χ1) is 4.41. The summed E-state index contributed by atoms with van der Waals surface area (Å²) in [6.07, 6.45) is 2.73. The summed E-state index contributed by atoms with van der Waals surface area (Å²) in [6, 6.07) is 0. The Balaban J connectivity index is 0. The van der Waals surface area contributed by atoms with Crippen LogP contribution in [0.2, 0.25) is 4.73 Å². The Labute approximate surface area is 72.3 Å². The molecule has 0 unspecified atom stereocenters. The monoisotopic (exact) mass is 200 g/mol. The molecule has 0 saturated heterocycles. The first-order valence-corrected chi connectivity index (χ1v) is 5.36. The molecule has 0 aliphatic carbocycles. The quantitative estimate of drug-likeness (QED) is 0.419. The average molecular weight is 200 g/mol. The molecule has 0 spiro atoms. The van der Waals surface area contributed by atoms with Crippen LogP contribution in [0.25, 0.3) is 0 Å². The summed E-state index contributed by atoms with van der Waals surface area (Å²) < 4.78 is 9.89. The third kappa shape index (κ3) is 67.7. The maximum atomic E-state index is 8.55. The zero-order chi connectivity index (χ0) is 8.62. The maximum Gasteiger partial charge on any atom is -0.159 e. The molecule has 0 saturated carbocycles. The van der Waals surface area contributed by atoms with Crippen molar-refractivity contribution < 1.29 is 39.7 Å². The van der Waals surface area contributed by atoms with Crippen molar-refractivity contribution in [3.8, 4) is 0 Å². The number of hydrogen-bond acceptors (Lipinski definition) is 4. The number of hydrogen-bond donors (Lipinski definition) is 0. The second-order valence-electron chi connectivity index (χ2n) is 1.55. The molecule has 0 atom stereocenters.